The van der Waals surface area contributed by atoms with E-state index in [0.29, 0.717) is 0 Å². The third-order valence-corrected chi connectivity index (χ3v) is 13.2. The molecule has 57 heavy (non-hydrogen) atoms. The maximum atomic E-state index is 2.55. The molecule has 0 fully saturated rings. The van der Waals surface area contributed by atoms with E-state index in [1.807, 2.05) is 0 Å². The van der Waals surface area contributed by atoms with E-state index in [-0.39, 0.29) is 12.1 Å². The summed E-state index contributed by atoms with van der Waals surface area (Å²) >= 11 is 0. The lowest BCUT2D eigenvalue weighted by molar-refractivity contribution is 0.591. The van der Waals surface area contributed by atoms with Crippen LogP contribution in [0.5, 0.6) is 0 Å². The Morgan fingerprint density at radius 3 is 1.26 bits per heavy atom. The van der Waals surface area contributed by atoms with Gasteiger partial charge < -0.3 is 9.13 Å². The predicted molar refractivity (Wildman–Crippen MR) is 244 cm³/mol. The van der Waals surface area contributed by atoms with Gasteiger partial charge in [-0.15, -0.1) is 0 Å². The van der Waals surface area contributed by atoms with Crippen LogP contribution in [0.15, 0.2) is 170 Å². The zero-order valence-corrected chi connectivity index (χ0v) is 32.1. The number of hydrogen-bond donors (Lipinski definition) is 0. The Balaban J connectivity index is 1.23. The Kier molecular flexibility index (Phi) is 6.02. The van der Waals surface area contributed by atoms with E-state index in [0.717, 1.165) is 0 Å². The van der Waals surface area contributed by atoms with E-state index in [4.69, 9.17) is 0 Å². The molecule has 0 spiro atoms. The van der Waals surface area contributed by atoms with Crippen molar-refractivity contribution in [1.82, 2.24) is 9.13 Å². The molecule has 4 heterocycles. The van der Waals surface area contributed by atoms with Crippen molar-refractivity contribution in [2.24, 2.45) is 0 Å². The second kappa shape index (κ2) is 10.9. The summed E-state index contributed by atoms with van der Waals surface area (Å²) in [6, 6.07) is 64.1. The summed E-state index contributed by atoms with van der Waals surface area (Å²) in [4.78, 5) is 0. The average Bonchev–Trinajstić information content (AvgIpc) is 3.77. The first-order chi connectivity index (χ1) is 28.0. The zero-order valence-electron chi connectivity index (χ0n) is 32.1. The lowest BCUT2D eigenvalue weighted by Crippen LogP contribution is -2.57. The fraction of sp³-hybridized carbons (Fsp3) is 0.0741. The van der Waals surface area contributed by atoms with E-state index < -0.39 is 0 Å². The van der Waals surface area contributed by atoms with Gasteiger partial charge in [0.25, 0.3) is 0 Å². The molecule has 3 heteroatoms. The highest BCUT2D eigenvalue weighted by molar-refractivity contribution is 7.01. The van der Waals surface area contributed by atoms with Gasteiger partial charge in [-0.2, -0.15) is 0 Å². The SMILES string of the molecule is CC(C)(C)c1cc2c3c(c1)-c1cc4c5ccccc5n(-c5ccccc5)c4c4cccc(c14)B3c1cccc3c1c-2cc1c2ccccc2n(-c2ccccc2)c31. The lowest BCUT2D eigenvalue weighted by Gasteiger charge is -2.36. The van der Waals surface area contributed by atoms with E-state index in [1.54, 1.807) is 0 Å². The van der Waals surface area contributed by atoms with E-state index in [1.165, 1.54) is 121 Å². The van der Waals surface area contributed by atoms with Crippen molar-refractivity contribution in [3.05, 3.63) is 175 Å². The summed E-state index contributed by atoms with van der Waals surface area (Å²) in [7, 11) is 0. The summed E-state index contributed by atoms with van der Waals surface area (Å²) in [5.41, 5.74) is 18.4. The Hall–Kier alpha value is -6.84. The number of rotatable bonds is 2. The van der Waals surface area contributed by atoms with Crippen molar-refractivity contribution in [2.75, 3.05) is 0 Å². The van der Waals surface area contributed by atoms with Gasteiger partial charge >= 0.3 is 0 Å². The molecule has 0 bridgehead atoms. The van der Waals surface area contributed by atoms with Crippen molar-refractivity contribution >= 4 is 88.3 Å². The average molecular weight is 725 g/mol. The van der Waals surface area contributed by atoms with Crippen LogP contribution in [0, 0.1) is 0 Å². The van der Waals surface area contributed by atoms with Crippen LogP contribution in [-0.2, 0) is 5.41 Å². The van der Waals surface area contributed by atoms with Crippen molar-refractivity contribution in [2.45, 2.75) is 26.2 Å². The molecule has 0 saturated heterocycles. The first-order valence-corrected chi connectivity index (χ1v) is 20.2. The number of para-hydroxylation sites is 4. The molecule has 2 aromatic heterocycles. The minimum Gasteiger partial charge on any atom is -0.309 e. The van der Waals surface area contributed by atoms with Crippen LogP contribution in [0.3, 0.4) is 0 Å². The molecule has 0 N–H and O–H groups in total. The molecule has 13 rings (SSSR count). The molecule has 0 aliphatic carbocycles. The van der Waals surface area contributed by atoms with Crippen LogP contribution in [0.4, 0.5) is 0 Å². The predicted octanol–water partition coefficient (Wildman–Crippen LogP) is 12.0. The van der Waals surface area contributed by atoms with Gasteiger partial charge in [0.1, 0.15) is 0 Å². The van der Waals surface area contributed by atoms with E-state index in [2.05, 4.69) is 200 Å². The highest BCUT2D eigenvalue weighted by Crippen LogP contribution is 2.47. The van der Waals surface area contributed by atoms with Crippen LogP contribution < -0.4 is 16.4 Å². The molecule has 0 amide bonds. The van der Waals surface area contributed by atoms with Gasteiger partial charge in [0.05, 0.1) is 22.1 Å². The van der Waals surface area contributed by atoms with Gasteiger partial charge in [-0.3, -0.25) is 0 Å². The van der Waals surface area contributed by atoms with Crippen molar-refractivity contribution in [3.63, 3.8) is 0 Å². The van der Waals surface area contributed by atoms with Gasteiger partial charge in [-0.25, -0.2) is 0 Å². The zero-order chi connectivity index (χ0) is 37.7. The largest absolute Gasteiger partial charge is 0.309 e. The Labute approximate surface area is 331 Å². The van der Waals surface area contributed by atoms with Gasteiger partial charge in [0.15, 0.2) is 0 Å². The number of nitrogens with zero attached hydrogens (tertiary/aromatic N) is 2. The molecular formula is C54H37BN2. The molecule has 0 unspecified atom stereocenters. The third-order valence-electron chi connectivity index (χ3n) is 13.2. The molecule has 9 aromatic carbocycles. The Morgan fingerprint density at radius 2 is 0.807 bits per heavy atom. The Bertz CT molecular complexity index is 3320. The maximum Gasteiger partial charge on any atom is 0.244 e. The fourth-order valence-corrected chi connectivity index (χ4v) is 10.8. The van der Waals surface area contributed by atoms with Crippen molar-refractivity contribution in [3.8, 4) is 33.6 Å². The first kappa shape index (κ1) is 31.4. The maximum absolute atomic E-state index is 2.55. The van der Waals surface area contributed by atoms with Crippen molar-refractivity contribution in [1.29, 1.82) is 0 Å². The summed E-state index contributed by atoms with van der Waals surface area (Å²) in [6.45, 7) is 7.19. The molecule has 0 saturated carbocycles. The van der Waals surface area contributed by atoms with Gasteiger partial charge in [-0.1, -0.05) is 158 Å². The van der Waals surface area contributed by atoms with Crippen LogP contribution in [0.2, 0.25) is 0 Å². The van der Waals surface area contributed by atoms with E-state index >= 15 is 0 Å². The van der Waals surface area contributed by atoms with Crippen molar-refractivity contribution < 1.29 is 0 Å². The molecule has 2 nitrogen and oxygen atoms in total. The monoisotopic (exact) mass is 724 g/mol. The van der Waals surface area contributed by atoms with Crippen LogP contribution >= 0.6 is 0 Å². The number of benzene rings is 9. The van der Waals surface area contributed by atoms with Crippen LogP contribution in [-0.4, -0.2) is 15.8 Å². The highest BCUT2D eigenvalue weighted by Gasteiger charge is 2.40. The molecular weight excluding hydrogens is 687 g/mol. The molecule has 2 aliphatic rings. The summed E-state index contributed by atoms with van der Waals surface area (Å²) in [6.07, 6.45) is 0. The topological polar surface area (TPSA) is 9.86 Å². The minimum absolute atomic E-state index is 0.0476. The first-order valence-electron chi connectivity index (χ1n) is 20.2. The molecule has 0 radical (unpaired) electrons. The van der Waals surface area contributed by atoms with Gasteiger partial charge in [0, 0.05) is 43.7 Å². The third kappa shape index (κ3) is 4.01. The summed E-state index contributed by atoms with van der Waals surface area (Å²) in [5, 5.41) is 10.5. The second-order valence-electron chi connectivity index (χ2n) is 17.2. The Morgan fingerprint density at radius 1 is 0.386 bits per heavy atom. The quantitative estimate of drug-likeness (QED) is 0.157. The molecule has 11 aromatic rings. The molecule has 266 valence electrons. The number of hydrogen-bond acceptors (Lipinski definition) is 0. The smallest absolute Gasteiger partial charge is 0.244 e. The second-order valence-corrected chi connectivity index (χ2v) is 17.2. The fourth-order valence-electron chi connectivity index (χ4n) is 10.8. The number of aromatic nitrogens is 2. The number of fused-ring (bicyclic) bond motifs is 12. The highest BCUT2D eigenvalue weighted by atomic mass is 15.0. The van der Waals surface area contributed by atoms with E-state index in [9.17, 15) is 0 Å². The molecule has 0 atom stereocenters. The summed E-state index contributed by atoms with van der Waals surface area (Å²) < 4.78 is 4.99. The lowest BCUT2D eigenvalue weighted by atomic mass is 9.31. The normalized spacial score (nSPS) is 13.1. The van der Waals surface area contributed by atoms with Crippen LogP contribution in [0.1, 0.15) is 26.3 Å². The standard InChI is InChI=1S/C54H37BN2/c1-54(2,3)32-28-41-39-30-43-35-20-10-12-26-47(35)56(33-16-6-4-7-17-33)52(43)37-22-14-24-45(49(37)39)55-46-25-15-23-38-50(46)40(42(29-32)51(41)55)31-44-36-21-11-13-27-48(36)57(53(38)44)34-18-8-5-9-19-34/h4-31H,1-3H3. The molecule has 2 aliphatic heterocycles. The van der Waals surface area contributed by atoms with Gasteiger partial charge in [0.2, 0.25) is 6.71 Å². The van der Waals surface area contributed by atoms with Crippen LogP contribution in [0.25, 0.3) is 98.8 Å². The minimum atomic E-state index is -0.0476. The summed E-state index contributed by atoms with van der Waals surface area (Å²) in [5.74, 6) is 0. The van der Waals surface area contributed by atoms with Gasteiger partial charge in [-0.05, 0) is 92.5 Å².